The number of aromatic nitrogens is 2. The lowest BCUT2D eigenvalue weighted by atomic mass is 10.2. The second kappa shape index (κ2) is 5.23. The van der Waals surface area contributed by atoms with Crippen LogP contribution in [0.5, 0.6) is 0 Å². The van der Waals surface area contributed by atoms with Gasteiger partial charge in [-0.3, -0.25) is 9.78 Å². The van der Waals surface area contributed by atoms with Crippen LogP contribution in [0.1, 0.15) is 10.5 Å². The molecule has 2 N–H and O–H groups in total. The quantitative estimate of drug-likeness (QED) is 0.861. The number of primary amides is 1. The monoisotopic (exact) mass is 235 g/mol. The number of carbonyl (C=O) groups is 1. The molecule has 0 unspecified atom stereocenters. The van der Waals surface area contributed by atoms with Crippen molar-refractivity contribution in [3.63, 3.8) is 0 Å². The maximum atomic E-state index is 10.9. The average molecular weight is 236 g/mol. The number of halogens is 1. The van der Waals surface area contributed by atoms with Crippen molar-refractivity contribution in [3.05, 3.63) is 48.4 Å². The Morgan fingerprint density at radius 2 is 2.00 bits per heavy atom. The molecular weight excluding hydrogens is 226 g/mol. The molecule has 82 valence electrons. The molecule has 2 aromatic heterocycles. The summed E-state index contributed by atoms with van der Waals surface area (Å²) in [5.41, 5.74) is 6.96. The van der Waals surface area contributed by atoms with E-state index in [0.717, 1.165) is 5.56 Å². The van der Waals surface area contributed by atoms with Gasteiger partial charge in [-0.15, -0.1) is 12.4 Å². The number of nitrogens with two attached hydrogens (primary N) is 1. The highest BCUT2D eigenvalue weighted by atomic mass is 35.5. The van der Waals surface area contributed by atoms with E-state index in [9.17, 15) is 4.79 Å². The van der Waals surface area contributed by atoms with Crippen LogP contribution in [0.4, 0.5) is 0 Å². The highest BCUT2D eigenvalue weighted by Crippen LogP contribution is 2.14. The highest BCUT2D eigenvalue weighted by molar-refractivity contribution is 5.91. The molecule has 0 saturated carbocycles. The molecule has 0 spiro atoms. The summed E-state index contributed by atoms with van der Waals surface area (Å²) in [7, 11) is 0. The molecule has 0 saturated heterocycles. The summed E-state index contributed by atoms with van der Waals surface area (Å²) in [6.07, 6.45) is 3.37. The van der Waals surface area contributed by atoms with Crippen molar-refractivity contribution < 1.29 is 4.79 Å². The van der Waals surface area contributed by atoms with Crippen LogP contribution in [0.15, 0.2) is 42.7 Å². The SMILES string of the molecule is Cl.NC(=O)c1cccc(-c2cccnc2)n1. The molecule has 2 heterocycles. The largest absolute Gasteiger partial charge is 0.364 e. The van der Waals surface area contributed by atoms with Crippen LogP contribution in [-0.4, -0.2) is 15.9 Å². The summed E-state index contributed by atoms with van der Waals surface area (Å²) in [5.74, 6) is -0.527. The smallest absolute Gasteiger partial charge is 0.267 e. The van der Waals surface area contributed by atoms with Crippen molar-refractivity contribution in [3.8, 4) is 11.3 Å². The molecule has 1 amide bonds. The lowest BCUT2D eigenvalue weighted by molar-refractivity contribution is 0.0995. The molecule has 0 aliphatic carbocycles. The third-order valence-electron chi connectivity index (χ3n) is 1.96. The van der Waals surface area contributed by atoms with Gasteiger partial charge < -0.3 is 5.73 Å². The van der Waals surface area contributed by atoms with Gasteiger partial charge in [-0.25, -0.2) is 4.98 Å². The first-order valence-electron chi connectivity index (χ1n) is 4.44. The maximum Gasteiger partial charge on any atom is 0.267 e. The molecular formula is C11H10ClN3O. The van der Waals surface area contributed by atoms with Gasteiger partial charge >= 0.3 is 0 Å². The molecule has 2 rings (SSSR count). The summed E-state index contributed by atoms with van der Waals surface area (Å²) >= 11 is 0. The lowest BCUT2D eigenvalue weighted by Gasteiger charge is -2.01. The minimum Gasteiger partial charge on any atom is -0.364 e. The zero-order chi connectivity index (χ0) is 10.7. The number of hydrogen-bond donors (Lipinski definition) is 1. The van der Waals surface area contributed by atoms with Gasteiger partial charge in [0.25, 0.3) is 5.91 Å². The molecule has 0 bridgehead atoms. The summed E-state index contributed by atoms with van der Waals surface area (Å²) < 4.78 is 0. The predicted molar refractivity (Wildman–Crippen MR) is 63.2 cm³/mol. The first-order valence-corrected chi connectivity index (χ1v) is 4.44. The van der Waals surface area contributed by atoms with Gasteiger partial charge in [0.05, 0.1) is 5.69 Å². The number of carbonyl (C=O) groups excluding carboxylic acids is 1. The van der Waals surface area contributed by atoms with Gasteiger partial charge in [0.1, 0.15) is 5.69 Å². The van der Waals surface area contributed by atoms with Crippen LogP contribution >= 0.6 is 12.4 Å². The number of amides is 1. The molecule has 0 radical (unpaired) electrons. The fourth-order valence-corrected chi connectivity index (χ4v) is 1.25. The van der Waals surface area contributed by atoms with Crippen LogP contribution in [-0.2, 0) is 0 Å². The minimum atomic E-state index is -0.527. The first-order chi connectivity index (χ1) is 7.27. The molecule has 0 atom stereocenters. The van der Waals surface area contributed by atoms with E-state index in [1.54, 1.807) is 24.5 Å². The third-order valence-corrected chi connectivity index (χ3v) is 1.96. The summed E-state index contributed by atoms with van der Waals surface area (Å²) in [6, 6.07) is 8.83. The highest BCUT2D eigenvalue weighted by Gasteiger charge is 2.04. The molecule has 0 aromatic carbocycles. The normalized spacial score (nSPS) is 9.25. The van der Waals surface area contributed by atoms with Crippen molar-refractivity contribution in [2.75, 3.05) is 0 Å². The Bertz CT molecular complexity index is 488. The van der Waals surface area contributed by atoms with Crippen LogP contribution < -0.4 is 5.73 Å². The standard InChI is InChI=1S/C11H9N3O.ClH/c12-11(15)10-5-1-4-9(14-10)8-3-2-6-13-7-8;/h1-7H,(H2,12,15);1H. The number of nitrogens with zero attached hydrogens (tertiary/aromatic N) is 2. The predicted octanol–water partition coefficient (Wildman–Crippen LogP) is 1.66. The molecule has 0 fully saturated rings. The summed E-state index contributed by atoms with van der Waals surface area (Å²) in [5, 5.41) is 0. The van der Waals surface area contributed by atoms with E-state index >= 15 is 0 Å². The molecule has 0 aliphatic heterocycles. The van der Waals surface area contributed by atoms with E-state index in [0.29, 0.717) is 5.69 Å². The van der Waals surface area contributed by atoms with Crippen molar-refractivity contribution in [1.82, 2.24) is 9.97 Å². The molecule has 4 nitrogen and oxygen atoms in total. The molecule has 0 aliphatic rings. The fraction of sp³-hybridized carbons (Fsp3) is 0. The Balaban J connectivity index is 0.00000128. The van der Waals surface area contributed by atoms with Gasteiger partial charge in [-0.1, -0.05) is 6.07 Å². The Hall–Kier alpha value is -1.94. The van der Waals surface area contributed by atoms with Crippen LogP contribution in [0.25, 0.3) is 11.3 Å². The van der Waals surface area contributed by atoms with Crippen molar-refractivity contribution >= 4 is 18.3 Å². The Labute approximate surface area is 98.9 Å². The van der Waals surface area contributed by atoms with Gasteiger partial charge in [0.2, 0.25) is 0 Å². The average Bonchev–Trinajstić information content (AvgIpc) is 2.30. The number of hydrogen-bond acceptors (Lipinski definition) is 3. The van der Waals surface area contributed by atoms with Gasteiger partial charge in [-0.2, -0.15) is 0 Å². The zero-order valence-electron chi connectivity index (χ0n) is 8.33. The first kappa shape index (κ1) is 12.1. The topological polar surface area (TPSA) is 68.9 Å². The lowest BCUT2D eigenvalue weighted by Crippen LogP contribution is -2.12. The van der Waals surface area contributed by atoms with E-state index in [1.165, 1.54) is 0 Å². The number of pyridine rings is 2. The van der Waals surface area contributed by atoms with Crippen LogP contribution in [0, 0.1) is 0 Å². The van der Waals surface area contributed by atoms with Crippen molar-refractivity contribution in [1.29, 1.82) is 0 Å². The summed E-state index contributed by atoms with van der Waals surface area (Å²) in [6.45, 7) is 0. The Kier molecular flexibility index (Phi) is 3.96. The van der Waals surface area contributed by atoms with Gasteiger partial charge in [0.15, 0.2) is 0 Å². The fourth-order valence-electron chi connectivity index (χ4n) is 1.25. The molecule has 16 heavy (non-hydrogen) atoms. The second-order valence-corrected chi connectivity index (χ2v) is 3.01. The van der Waals surface area contributed by atoms with E-state index in [1.807, 2.05) is 18.2 Å². The van der Waals surface area contributed by atoms with Crippen LogP contribution in [0.3, 0.4) is 0 Å². The van der Waals surface area contributed by atoms with Crippen molar-refractivity contribution in [2.45, 2.75) is 0 Å². The summed E-state index contributed by atoms with van der Waals surface area (Å²) in [4.78, 5) is 19.0. The Morgan fingerprint density at radius 3 is 2.62 bits per heavy atom. The number of rotatable bonds is 2. The van der Waals surface area contributed by atoms with Gasteiger partial charge in [0, 0.05) is 18.0 Å². The Morgan fingerprint density at radius 1 is 1.19 bits per heavy atom. The second-order valence-electron chi connectivity index (χ2n) is 3.01. The van der Waals surface area contributed by atoms with E-state index in [-0.39, 0.29) is 18.1 Å². The minimum absolute atomic E-state index is 0. The molecule has 5 heteroatoms. The third kappa shape index (κ3) is 2.55. The van der Waals surface area contributed by atoms with Crippen molar-refractivity contribution in [2.24, 2.45) is 5.73 Å². The van der Waals surface area contributed by atoms with E-state index in [2.05, 4.69) is 9.97 Å². The molecule has 2 aromatic rings. The zero-order valence-corrected chi connectivity index (χ0v) is 9.15. The van der Waals surface area contributed by atoms with E-state index in [4.69, 9.17) is 5.73 Å². The van der Waals surface area contributed by atoms with Crippen LogP contribution in [0.2, 0.25) is 0 Å². The van der Waals surface area contributed by atoms with E-state index < -0.39 is 5.91 Å². The van der Waals surface area contributed by atoms with Gasteiger partial charge in [-0.05, 0) is 24.3 Å². The maximum absolute atomic E-state index is 10.9.